The van der Waals surface area contributed by atoms with Gasteiger partial charge >= 0.3 is 169 Å². The molecule has 97 heavy (non-hydrogen) atoms. The van der Waals surface area contributed by atoms with Crippen LogP contribution in [0, 0.1) is 0 Å². The van der Waals surface area contributed by atoms with E-state index in [4.69, 9.17) is 0 Å². The molecule has 0 N–H and O–H groups in total. The molecule has 0 saturated carbocycles. The van der Waals surface area contributed by atoms with Crippen LogP contribution in [0.3, 0.4) is 0 Å². The summed E-state index contributed by atoms with van der Waals surface area (Å²) in [5, 5.41) is 0. The fourth-order valence-electron chi connectivity index (χ4n) is 15.1. The van der Waals surface area contributed by atoms with Crippen LogP contribution in [0.25, 0.3) is 16.9 Å². The average Bonchev–Trinajstić information content (AvgIpc) is 1.61. The summed E-state index contributed by atoms with van der Waals surface area (Å²) in [6, 6.07) is 18.4. The minimum Gasteiger partial charge on any atom is -0.0654 e. The van der Waals surface area contributed by atoms with E-state index in [0.717, 1.165) is 60.6 Å². The number of aryl methyl sites for hydroxylation is 2. The Morgan fingerprint density at radius 1 is 0.227 bits per heavy atom. The first-order chi connectivity index (χ1) is 48.1. The van der Waals surface area contributed by atoms with Crippen LogP contribution in [0.4, 0.5) is 0 Å². The molecule has 566 valence electrons. The summed E-state index contributed by atoms with van der Waals surface area (Å²) in [5.41, 5.74) is 22.3. The summed E-state index contributed by atoms with van der Waals surface area (Å²) in [6.45, 7) is 13.8. The van der Waals surface area contributed by atoms with Crippen LogP contribution in [0.1, 0.15) is 500 Å². The Labute approximate surface area is 618 Å². The van der Waals surface area contributed by atoms with Crippen molar-refractivity contribution in [1.29, 1.82) is 0 Å². The Balaban J connectivity index is 0.000000695. The summed E-state index contributed by atoms with van der Waals surface area (Å²) < 4.78 is 1.62. The van der Waals surface area contributed by atoms with Crippen LogP contribution in [-0.2, 0) is 30.8 Å². The molecule has 0 bridgehead atoms. The number of unbranched alkanes of at least 4 members (excludes halogenated alkanes) is 60. The normalized spacial score (nSPS) is 12.5. The van der Waals surface area contributed by atoms with Crippen molar-refractivity contribution < 1.29 is 22.7 Å². The molecule has 1 aliphatic heterocycles. The Bertz CT molecular complexity index is 1990. The Hall–Kier alpha value is -1.82. The van der Waals surface area contributed by atoms with Gasteiger partial charge in [-0.05, 0) is 86.8 Å². The second-order valence-electron chi connectivity index (χ2n) is 31.1. The van der Waals surface area contributed by atoms with E-state index in [1.165, 1.54) is 452 Å². The monoisotopic (exact) mass is 1430 g/mol. The molecule has 1 heterocycles. The van der Waals surface area contributed by atoms with Crippen LogP contribution in [0.15, 0.2) is 59.7 Å². The van der Waals surface area contributed by atoms with Crippen molar-refractivity contribution >= 4 is 11.4 Å². The molecule has 0 fully saturated rings. The minimum absolute atomic E-state index is 1.04. The molecule has 0 amide bonds. The number of nitrogens with zero attached hydrogens (tertiary/aromatic N) is 2. The molecule has 0 aliphatic carbocycles. The molecule has 0 radical (unpaired) electrons. The predicted molar refractivity (Wildman–Crippen MR) is 435 cm³/mol. The molecule has 2 aromatic rings. The standard InChI is InChI=1S/C54H88N2.2C20H41.Pd/c1-5-9-13-16-18-19-20-21-22-23-24-25-26-27-28-29-31-34-41-51-52(40-33-15-11-7-3)54(50-39-35-38-48(46-50)37-32-30-17-14-10-6-2)56(55)53(51)49-44-42-47(43-45-49)36-12-8-4;2*1-3-5-7-9-11-13-15-17-19-20-18-16-14-12-10-8-6-4-2;/h35,38-39,42-46H,5-34,36-37,40-41H2,1-4H3;2*1,3-20H2,2H3;. The fraction of sp³-hybridized carbons (Fsp3) is 0.830. The first kappa shape index (κ1) is 91.3. The topological polar surface area (TPSA) is 25.3 Å². The van der Waals surface area contributed by atoms with E-state index in [2.05, 4.69) is 90.1 Å². The summed E-state index contributed by atoms with van der Waals surface area (Å²) >= 11 is 1.06. The molecule has 0 unspecified atom stereocenters. The molecular weight excluding hydrogens is 1260 g/mol. The maximum absolute atomic E-state index is 12.3. The van der Waals surface area contributed by atoms with E-state index in [-0.39, 0.29) is 0 Å². The van der Waals surface area contributed by atoms with Crippen LogP contribution in [-0.4, -0.2) is 4.70 Å². The van der Waals surface area contributed by atoms with E-state index >= 15 is 0 Å². The van der Waals surface area contributed by atoms with E-state index in [0.29, 0.717) is 0 Å². The zero-order valence-electron chi connectivity index (χ0n) is 66.7. The van der Waals surface area contributed by atoms with Crippen molar-refractivity contribution in [3.8, 4) is 0 Å². The fourth-order valence-corrected chi connectivity index (χ4v) is 17.1. The third kappa shape index (κ3) is 53.6. The Morgan fingerprint density at radius 2 is 0.464 bits per heavy atom. The van der Waals surface area contributed by atoms with Gasteiger partial charge in [-0.3, -0.25) is 0 Å². The number of hydrogen-bond acceptors (Lipinski definition) is 0. The molecule has 1 aliphatic rings. The van der Waals surface area contributed by atoms with E-state index in [1.807, 2.05) is 0 Å². The van der Waals surface area contributed by atoms with E-state index in [9.17, 15) is 5.53 Å². The summed E-state index contributed by atoms with van der Waals surface area (Å²) in [4.78, 5) is 3.10. The van der Waals surface area contributed by atoms with E-state index in [1.54, 1.807) is 14.5 Å². The molecule has 0 saturated heterocycles. The molecule has 3 rings (SSSR count). The van der Waals surface area contributed by atoms with Gasteiger partial charge in [-0.15, -0.1) is 0 Å². The number of hydrogen-bond donors (Lipinski definition) is 0. The SMILES string of the molecule is CCCCCCCCCCCCCCCCCCCCC1=C(c2ccc(CCCC)cc2)[N+](=[N-])C(c2cccc(CCCCCCCC)c2)=C1CCCCCC.CCCCCCCCCCCCCCCCCCC[CH2][Pd][CH2]CCCCCCCCCCCCCCCCCCC. The van der Waals surface area contributed by atoms with E-state index < -0.39 is 0 Å². The zero-order chi connectivity index (χ0) is 69.5. The van der Waals surface area contributed by atoms with Crippen LogP contribution < -0.4 is 0 Å². The summed E-state index contributed by atoms with van der Waals surface area (Å²) in [5.74, 6) is 0. The Kier molecular flexibility index (Phi) is 68.2. The van der Waals surface area contributed by atoms with Crippen molar-refractivity contribution in [1.82, 2.24) is 0 Å². The quantitative estimate of drug-likeness (QED) is 0.0358. The van der Waals surface area contributed by atoms with Gasteiger partial charge in [0.1, 0.15) is 0 Å². The molecule has 3 heteroatoms. The van der Waals surface area contributed by atoms with Crippen LogP contribution in [0.2, 0.25) is 9.79 Å². The van der Waals surface area contributed by atoms with Crippen molar-refractivity contribution in [3.05, 3.63) is 87.5 Å². The van der Waals surface area contributed by atoms with Gasteiger partial charge in [0.05, 0.1) is 0 Å². The summed E-state index contributed by atoms with van der Waals surface area (Å²) in [6.07, 6.45) is 98.4. The molecule has 0 atom stereocenters. The van der Waals surface area contributed by atoms with Gasteiger partial charge in [0.25, 0.3) is 0 Å². The molecule has 0 spiro atoms. The number of allylic oxidation sites excluding steroid dienone is 2. The molecule has 2 nitrogen and oxygen atoms in total. The second-order valence-corrected chi connectivity index (χ2v) is 33.4. The molecular formula is C94H170N2Pd. The van der Waals surface area contributed by atoms with Gasteiger partial charge < -0.3 is 5.53 Å². The van der Waals surface area contributed by atoms with Gasteiger partial charge in [-0.1, -0.05) is 323 Å². The van der Waals surface area contributed by atoms with Gasteiger partial charge in [-0.2, -0.15) is 0 Å². The van der Waals surface area contributed by atoms with Gasteiger partial charge in [0.15, 0.2) is 0 Å². The van der Waals surface area contributed by atoms with Crippen molar-refractivity contribution in [3.63, 3.8) is 0 Å². The van der Waals surface area contributed by atoms with Crippen LogP contribution >= 0.6 is 0 Å². The van der Waals surface area contributed by atoms with Crippen LogP contribution in [0.5, 0.6) is 0 Å². The van der Waals surface area contributed by atoms with Crippen molar-refractivity contribution in [2.45, 2.75) is 501 Å². The van der Waals surface area contributed by atoms with Crippen molar-refractivity contribution in [2.24, 2.45) is 0 Å². The van der Waals surface area contributed by atoms with Gasteiger partial charge in [-0.25, -0.2) is 4.70 Å². The Morgan fingerprint density at radius 3 is 0.763 bits per heavy atom. The first-order valence-electron chi connectivity index (χ1n) is 44.6. The van der Waals surface area contributed by atoms with Gasteiger partial charge in [0, 0.05) is 22.3 Å². The zero-order valence-corrected chi connectivity index (χ0v) is 68.3. The predicted octanol–water partition coefficient (Wildman–Crippen LogP) is 34.5. The summed E-state index contributed by atoms with van der Waals surface area (Å²) in [7, 11) is 0. The van der Waals surface area contributed by atoms with Gasteiger partial charge in [0.2, 0.25) is 11.4 Å². The maximum atomic E-state index is 12.3. The third-order valence-electron chi connectivity index (χ3n) is 21.6. The molecule has 2 aromatic carbocycles. The smallest absolute Gasteiger partial charge is 0.0654 e. The number of rotatable bonds is 74. The minimum atomic E-state index is 1.04. The second kappa shape index (κ2) is 72.5. The average molecular weight is 1430 g/mol. The van der Waals surface area contributed by atoms with Crippen molar-refractivity contribution in [2.75, 3.05) is 0 Å². The molecule has 0 aromatic heterocycles. The third-order valence-corrected chi connectivity index (χ3v) is 23.8. The number of benzene rings is 2. The first-order valence-corrected chi connectivity index (χ1v) is 46.8.